The number of nitrogens with zero attached hydrogens (tertiary/aromatic N) is 4. The maximum atomic E-state index is 12.5. The third kappa shape index (κ3) is 5.43. The van der Waals surface area contributed by atoms with Crippen molar-refractivity contribution in [3.63, 3.8) is 0 Å². The van der Waals surface area contributed by atoms with Crippen LogP contribution in [0.4, 0.5) is 22.5 Å². The molecule has 0 fully saturated rings. The Morgan fingerprint density at radius 3 is 2.03 bits per heavy atom. The zero-order chi connectivity index (χ0) is 23.5. The van der Waals surface area contributed by atoms with Gasteiger partial charge in [-0.15, -0.1) is 11.3 Å². The lowest BCUT2D eigenvalue weighted by Crippen LogP contribution is -2.26. The summed E-state index contributed by atoms with van der Waals surface area (Å²) in [5.41, 5.74) is 4.15. The van der Waals surface area contributed by atoms with E-state index in [1.807, 2.05) is 0 Å². The van der Waals surface area contributed by atoms with Gasteiger partial charge < -0.3 is 0 Å². The van der Waals surface area contributed by atoms with Crippen molar-refractivity contribution in [3.8, 4) is 0 Å². The number of anilines is 4. The summed E-state index contributed by atoms with van der Waals surface area (Å²) in [6, 6.07) is 13.5. The quantitative estimate of drug-likeness (QED) is 0.307. The van der Waals surface area contributed by atoms with Crippen LogP contribution in [0.1, 0.15) is 0 Å². The highest BCUT2D eigenvalue weighted by Crippen LogP contribution is 2.25. The Morgan fingerprint density at radius 1 is 0.818 bits per heavy atom. The van der Waals surface area contributed by atoms with Gasteiger partial charge in [0.15, 0.2) is 5.13 Å². The second kappa shape index (κ2) is 9.11. The van der Waals surface area contributed by atoms with Crippen molar-refractivity contribution in [2.45, 2.75) is 9.79 Å². The lowest BCUT2D eigenvalue weighted by Gasteiger charge is -2.24. The molecule has 4 aromatic rings. The Morgan fingerprint density at radius 2 is 1.45 bits per heavy atom. The van der Waals surface area contributed by atoms with Crippen LogP contribution in [0.5, 0.6) is 0 Å². The number of sulfonamides is 2. The van der Waals surface area contributed by atoms with Crippen molar-refractivity contribution in [1.29, 1.82) is 0 Å². The molecule has 0 radical (unpaired) electrons. The van der Waals surface area contributed by atoms with E-state index < -0.39 is 20.0 Å². The molecule has 2 aromatic heterocycles. The molecule has 0 saturated carbocycles. The molecule has 170 valence electrons. The first kappa shape index (κ1) is 22.6. The molecule has 0 aliphatic heterocycles. The van der Waals surface area contributed by atoms with Crippen LogP contribution in [0.3, 0.4) is 0 Å². The van der Waals surface area contributed by atoms with Crippen LogP contribution in [0, 0.1) is 0 Å². The molecule has 4 rings (SSSR count). The molecule has 0 unspecified atom stereocenters. The van der Waals surface area contributed by atoms with Crippen LogP contribution in [-0.4, -0.2) is 31.8 Å². The van der Waals surface area contributed by atoms with Crippen LogP contribution < -0.4 is 20.3 Å². The minimum atomic E-state index is -3.84. The van der Waals surface area contributed by atoms with Crippen molar-refractivity contribution in [1.82, 2.24) is 15.0 Å². The molecular weight excluding hydrogens is 486 g/mol. The summed E-state index contributed by atoms with van der Waals surface area (Å²) in [7, 11) is -7.63. The van der Waals surface area contributed by atoms with E-state index in [0.29, 0.717) is 11.4 Å². The molecule has 0 saturated heterocycles. The number of rotatable bonds is 8. The number of hydrogen-bond donors (Lipinski definition) is 3. The van der Waals surface area contributed by atoms with Crippen molar-refractivity contribution in [2.24, 2.45) is 5.14 Å². The Balaban J connectivity index is 1.60. The third-order valence-corrected chi connectivity index (χ3v) is 7.34. The standard InChI is InChI=1S/C19H17N7O4S3/c20-32(27,28)16-8-4-15(5-9-16)26(18-21-10-1-11-22-18)24-14-2-6-17(7-3-14)33(29,30)25-19-23-12-13-31-19/h1-13,24H,(H,23,25)(H2,20,27,28). The topological polar surface area (TPSA) is 160 Å². The molecule has 0 aliphatic rings. The normalized spacial score (nSPS) is 11.7. The molecule has 0 amide bonds. The number of nitrogens with two attached hydrogens (primary N) is 1. The predicted molar refractivity (Wildman–Crippen MR) is 125 cm³/mol. The van der Waals surface area contributed by atoms with E-state index in [0.717, 1.165) is 0 Å². The average Bonchev–Trinajstić information content (AvgIpc) is 3.30. The zero-order valence-electron chi connectivity index (χ0n) is 16.7. The first-order chi connectivity index (χ1) is 15.7. The van der Waals surface area contributed by atoms with Crippen LogP contribution in [0.2, 0.25) is 0 Å². The highest BCUT2D eigenvalue weighted by molar-refractivity contribution is 7.93. The van der Waals surface area contributed by atoms with E-state index in [2.05, 4.69) is 25.1 Å². The second-order valence-electron chi connectivity index (χ2n) is 6.50. The van der Waals surface area contributed by atoms with Gasteiger partial charge in [-0.2, -0.15) is 0 Å². The van der Waals surface area contributed by atoms with E-state index in [1.54, 1.807) is 48.1 Å². The van der Waals surface area contributed by atoms with Crippen molar-refractivity contribution >= 4 is 53.8 Å². The molecule has 2 heterocycles. The summed E-state index contributed by atoms with van der Waals surface area (Å²) in [4.78, 5) is 12.4. The molecule has 4 N–H and O–H groups in total. The van der Waals surface area contributed by atoms with Gasteiger partial charge in [0.2, 0.25) is 16.0 Å². The molecule has 14 heteroatoms. The van der Waals surface area contributed by atoms with Crippen LogP contribution in [0.25, 0.3) is 0 Å². The highest BCUT2D eigenvalue weighted by Gasteiger charge is 2.17. The number of hydrazine groups is 1. The Kier molecular flexibility index (Phi) is 6.24. The third-order valence-electron chi connectivity index (χ3n) is 4.24. The number of hydrogen-bond acceptors (Lipinski definition) is 10. The number of primary sulfonamides is 1. The summed E-state index contributed by atoms with van der Waals surface area (Å²) < 4.78 is 50.6. The molecule has 0 aliphatic carbocycles. The van der Waals surface area contributed by atoms with Gasteiger partial charge in [0.25, 0.3) is 10.0 Å². The lowest BCUT2D eigenvalue weighted by molar-refractivity contribution is 0.597. The second-order valence-corrected chi connectivity index (χ2v) is 10.6. The smallest absolute Gasteiger partial charge is 0.263 e. The fraction of sp³-hybridized carbons (Fsp3) is 0. The Hall–Kier alpha value is -3.59. The number of thiazole rings is 1. The highest BCUT2D eigenvalue weighted by atomic mass is 32.2. The van der Waals surface area contributed by atoms with Gasteiger partial charge in [-0.3, -0.25) is 10.1 Å². The summed E-state index contributed by atoms with van der Waals surface area (Å²) in [5.74, 6) is 0.281. The molecule has 0 atom stereocenters. The molecule has 0 spiro atoms. The van der Waals surface area contributed by atoms with Gasteiger partial charge in [-0.25, -0.2) is 41.9 Å². The van der Waals surface area contributed by atoms with Gasteiger partial charge in [0, 0.05) is 24.0 Å². The maximum Gasteiger partial charge on any atom is 0.263 e. The van der Waals surface area contributed by atoms with Crippen LogP contribution >= 0.6 is 11.3 Å². The van der Waals surface area contributed by atoms with Gasteiger partial charge in [0.1, 0.15) is 0 Å². The zero-order valence-corrected chi connectivity index (χ0v) is 19.2. The van der Waals surface area contributed by atoms with E-state index in [4.69, 9.17) is 5.14 Å². The minimum Gasteiger partial charge on any atom is -0.291 e. The van der Waals surface area contributed by atoms with E-state index in [9.17, 15) is 16.8 Å². The van der Waals surface area contributed by atoms with Crippen molar-refractivity contribution in [3.05, 3.63) is 78.6 Å². The van der Waals surface area contributed by atoms with E-state index in [1.165, 1.54) is 46.8 Å². The van der Waals surface area contributed by atoms with Gasteiger partial charge in [0.05, 0.1) is 21.2 Å². The summed E-state index contributed by atoms with van der Waals surface area (Å²) in [6.07, 6.45) is 4.61. The average molecular weight is 504 g/mol. The van der Waals surface area contributed by atoms with Gasteiger partial charge in [-0.1, -0.05) is 0 Å². The van der Waals surface area contributed by atoms with Gasteiger partial charge >= 0.3 is 0 Å². The fourth-order valence-electron chi connectivity index (χ4n) is 2.71. The van der Waals surface area contributed by atoms with Crippen LogP contribution in [0.15, 0.2) is 88.4 Å². The summed E-state index contributed by atoms with van der Waals surface area (Å²) >= 11 is 1.17. The van der Waals surface area contributed by atoms with Crippen LogP contribution in [-0.2, 0) is 20.0 Å². The minimum absolute atomic E-state index is 0.0394. The number of nitrogens with one attached hydrogen (secondary N) is 2. The molecule has 2 aromatic carbocycles. The molecule has 0 bridgehead atoms. The first-order valence-electron chi connectivity index (χ1n) is 9.21. The molecule has 33 heavy (non-hydrogen) atoms. The monoisotopic (exact) mass is 503 g/mol. The maximum absolute atomic E-state index is 12.5. The summed E-state index contributed by atoms with van der Waals surface area (Å²) in [5, 5.41) is 8.63. The SMILES string of the molecule is NS(=O)(=O)c1ccc(N(Nc2ccc(S(=O)(=O)Nc3nccs3)cc2)c2ncccn2)cc1. The first-order valence-corrected chi connectivity index (χ1v) is 13.1. The molecule has 11 nitrogen and oxygen atoms in total. The predicted octanol–water partition coefficient (Wildman–Crippen LogP) is 2.55. The fourth-order valence-corrected chi connectivity index (χ4v) is 5.01. The Bertz CT molecular complexity index is 1430. The number of aromatic nitrogens is 3. The van der Waals surface area contributed by atoms with Crippen molar-refractivity contribution in [2.75, 3.05) is 15.2 Å². The lowest BCUT2D eigenvalue weighted by atomic mass is 10.3. The van der Waals surface area contributed by atoms with Crippen molar-refractivity contribution < 1.29 is 16.8 Å². The number of benzene rings is 2. The van der Waals surface area contributed by atoms with E-state index in [-0.39, 0.29) is 20.9 Å². The molecular formula is C19H17N7O4S3. The van der Waals surface area contributed by atoms with E-state index >= 15 is 0 Å². The Labute approximate surface area is 194 Å². The summed E-state index contributed by atoms with van der Waals surface area (Å²) in [6.45, 7) is 0. The largest absolute Gasteiger partial charge is 0.291 e. The van der Waals surface area contributed by atoms with Gasteiger partial charge in [-0.05, 0) is 54.6 Å².